The highest BCUT2D eigenvalue weighted by atomic mass is 14.3. The fraction of sp³-hybridized carbons (Fsp3) is 1.00. The first-order valence-corrected chi connectivity index (χ1v) is 13.8. The van der Waals surface area contributed by atoms with E-state index in [1.807, 2.05) is 0 Å². The van der Waals surface area contributed by atoms with Crippen LogP contribution in [0.4, 0.5) is 0 Å². The van der Waals surface area contributed by atoms with Crippen LogP contribution >= 0.6 is 0 Å². The van der Waals surface area contributed by atoms with Crippen molar-refractivity contribution in [3.8, 4) is 0 Å². The summed E-state index contributed by atoms with van der Waals surface area (Å²) in [6, 6.07) is 0. The zero-order valence-corrected chi connectivity index (χ0v) is 20.2. The summed E-state index contributed by atoms with van der Waals surface area (Å²) in [6.45, 7) is 4.67. The minimum absolute atomic E-state index is 0.717. The van der Waals surface area contributed by atoms with Gasteiger partial charge in [0.2, 0.25) is 0 Å². The van der Waals surface area contributed by atoms with Crippen LogP contribution in [0.25, 0.3) is 0 Å². The first-order chi connectivity index (χ1) is 13.8. The van der Waals surface area contributed by atoms with Crippen molar-refractivity contribution < 1.29 is 0 Å². The second-order valence-electron chi connectivity index (χ2n) is 10.2. The van der Waals surface area contributed by atoms with Gasteiger partial charge in [0.1, 0.15) is 0 Å². The lowest BCUT2D eigenvalue weighted by Gasteiger charge is -2.35. The largest absolute Gasteiger partial charge is 0.0654 e. The molecule has 1 rings (SSSR count). The van der Waals surface area contributed by atoms with Crippen LogP contribution in [0.15, 0.2) is 0 Å². The Balaban J connectivity index is 2.49. The van der Waals surface area contributed by atoms with E-state index in [-0.39, 0.29) is 0 Å². The topological polar surface area (TPSA) is 0 Å². The van der Waals surface area contributed by atoms with E-state index in [2.05, 4.69) is 13.8 Å². The van der Waals surface area contributed by atoms with Gasteiger partial charge in [0.25, 0.3) is 0 Å². The number of hydrogen-bond acceptors (Lipinski definition) is 0. The van der Waals surface area contributed by atoms with Crippen LogP contribution in [-0.4, -0.2) is 0 Å². The summed E-state index contributed by atoms with van der Waals surface area (Å²) in [5, 5.41) is 0. The van der Waals surface area contributed by atoms with Gasteiger partial charge >= 0.3 is 0 Å². The Morgan fingerprint density at radius 3 is 1.11 bits per heavy atom. The van der Waals surface area contributed by atoms with Crippen molar-refractivity contribution in [2.45, 2.75) is 174 Å². The normalized spacial score (nSPS) is 19.1. The summed E-state index contributed by atoms with van der Waals surface area (Å²) < 4.78 is 0. The van der Waals surface area contributed by atoms with Crippen molar-refractivity contribution >= 4 is 0 Å². The average Bonchev–Trinajstić information content (AvgIpc) is 2.70. The van der Waals surface area contributed by atoms with E-state index in [1.165, 1.54) is 135 Å². The summed E-state index contributed by atoms with van der Waals surface area (Å²) in [4.78, 5) is 0. The smallest absolute Gasteiger partial charge is 0.0297 e. The van der Waals surface area contributed by atoms with Gasteiger partial charge in [-0.05, 0) is 31.1 Å². The minimum atomic E-state index is 0.717. The van der Waals surface area contributed by atoms with Crippen molar-refractivity contribution in [2.75, 3.05) is 0 Å². The minimum Gasteiger partial charge on any atom is -0.0654 e. The number of rotatable bonds is 14. The standard InChI is InChI=1S/C28H56/c1-3-5-7-9-16-20-24-28(25-21-17-10-8-6-4-2)26-22-18-14-12-11-13-15-19-23-27-28/h3-27H2,1-2H3. The van der Waals surface area contributed by atoms with Gasteiger partial charge < -0.3 is 0 Å². The number of unbranched alkanes of at least 4 members (excludes halogenated alkanes) is 10. The summed E-state index contributed by atoms with van der Waals surface area (Å²) >= 11 is 0. The lowest BCUT2D eigenvalue weighted by Crippen LogP contribution is -2.21. The highest BCUT2D eigenvalue weighted by Crippen LogP contribution is 2.42. The average molecular weight is 393 g/mol. The first-order valence-electron chi connectivity index (χ1n) is 13.8. The fourth-order valence-electron chi connectivity index (χ4n) is 5.55. The maximum atomic E-state index is 2.33. The molecule has 0 heteroatoms. The Morgan fingerprint density at radius 2 is 0.714 bits per heavy atom. The molecule has 0 heterocycles. The Morgan fingerprint density at radius 1 is 0.393 bits per heavy atom. The third kappa shape index (κ3) is 14.1. The summed E-state index contributed by atoms with van der Waals surface area (Å²) in [5.74, 6) is 0. The van der Waals surface area contributed by atoms with Crippen LogP contribution in [0.3, 0.4) is 0 Å². The predicted octanol–water partition coefficient (Wildman–Crippen LogP) is 10.8. The summed E-state index contributed by atoms with van der Waals surface area (Å²) in [7, 11) is 0. The molecule has 1 aliphatic rings. The van der Waals surface area contributed by atoms with Crippen LogP contribution in [0.2, 0.25) is 0 Å². The van der Waals surface area contributed by atoms with Gasteiger partial charge in [0, 0.05) is 0 Å². The van der Waals surface area contributed by atoms with E-state index >= 15 is 0 Å². The van der Waals surface area contributed by atoms with Crippen molar-refractivity contribution in [2.24, 2.45) is 5.41 Å². The Bertz CT molecular complexity index is 275. The second-order valence-corrected chi connectivity index (χ2v) is 10.2. The molecule has 28 heavy (non-hydrogen) atoms. The quantitative estimate of drug-likeness (QED) is 0.258. The molecule has 0 aliphatic heterocycles. The van der Waals surface area contributed by atoms with E-state index in [0.717, 1.165) is 0 Å². The summed E-state index contributed by atoms with van der Waals surface area (Å²) in [6.07, 6.45) is 37.4. The van der Waals surface area contributed by atoms with Crippen LogP contribution in [-0.2, 0) is 0 Å². The molecule has 1 aliphatic carbocycles. The molecule has 0 unspecified atom stereocenters. The molecule has 0 aromatic carbocycles. The van der Waals surface area contributed by atoms with Gasteiger partial charge in [-0.15, -0.1) is 0 Å². The van der Waals surface area contributed by atoms with Gasteiger partial charge in [-0.1, -0.05) is 149 Å². The van der Waals surface area contributed by atoms with Gasteiger partial charge in [0.15, 0.2) is 0 Å². The molecule has 0 atom stereocenters. The van der Waals surface area contributed by atoms with Gasteiger partial charge in [-0.2, -0.15) is 0 Å². The molecule has 0 N–H and O–H groups in total. The molecular weight excluding hydrogens is 336 g/mol. The third-order valence-corrected chi connectivity index (χ3v) is 7.54. The zero-order chi connectivity index (χ0) is 20.2. The van der Waals surface area contributed by atoms with Crippen molar-refractivity contribution in [3.05, 3.63) is 0 Å². The maximum Gasteiger partial charge on any atom is -0.0297 e. The Labute approximate surface area is 180 Å². The van der Waals surface area contributed by atoms with Crippen LogP contribution in [0, 0.1) is 5.41 Å². The van der Waals surface area contributed by atoms with Gasteiger partial charge in [-0.25, -0.2) is 0 Å². The van der Waals surface area contributed by atoms with Crippen molar-refractivity contribution in [1.29, 1.82) is 0 Å². The highest BCUT2D eigenvalue weighted by Gasteiger charge is 2.28. The molecule has 0 aromatic heterocycles. The van der Waals surface area contributed by atoms with E-state index < -0.39 is 0 Å². The molecule has 0 aromatic rings. The van der Waals surface area contributed by atoms with Crippen molar-refractivity contribution in [3.63, 3.8) is 0 Å². The molecule has 0 amide bonds. The van der Waals surface area contributed by atoms with Crippen LogP contribution < -0.4 is 0 Å². The van der Waals surface area contributed by atoms with E-state index in [0.29, 0.717) is 5.41 Å². The zero-order valence-electron chi connectivity index (χ0n) is 20.2. The second kappa shape index (κ2) is 19.0. The van der Waals surface area contributed by atoms with Crippen LogP contribution in [0.5, 0.6) is 0 Å². The fourth-order valence-corrected chi connectivity index (χ4v) is 5.55. The SMILES string of the molecule is CCCCCCCCC1(CCCCCCCC)CCCCCCCCCCC1. The van der Waals surface area contributed by atoms with Gasteiger partial charge in [-0.3, -0.25) is 0 Å². The molecule has 0 spiro atoms. The molecule has 0 bridgehead atoms. The first kappa shape index (κ1) is 26.0. The van der Waals surface area contributed by atoms with Crippen LogP contribution in [0.1, 0.15) is 174 Å². The molecular formula is C28H56. The lowest BCUT2D eigenvalue weighted by molar-refractivity contribution is 0.170. The Kier molecular flexibility index (Phi) is 17.7. The van der Waals surface area contributed by atoms with E-state index in [4.69, 9.17) is 0 Å². The maximum absolute atomic E-state index is 2.33. The predicted molar refractivity (Wildman–Crippen MR) is 129 cm³/mol. The molecule has 1 saturated carbocycles. The molecule has 1 fully saturated rings. The molecule has 0 radical (unpaired) electrons. The highest BCUT2D eigenvalue weighted by molar-refractivity contribution is 4.80. The monoisotopic (exact) mass is 392 g/mol. The third-order valence-electron chi connectivity index (χ3n) is 7.54. The van der Waals surface area contributed by atoms with E-state index in [1.54, 1.807) is 25.7 Å². The Hall–Kier alpha value is 0. The molecule has 0 saturated heterocycles. The summed E-state index contributed by atoms with van der Waals surface area (Å²) in [5.41, 5.74) is 0.717. The van der Waals surface area contributed by atoms with Crippen molar-refractivity contribution in [1.82, 2.24) is 0 Å². The lowest BCUT2D eigenvalue weighted by atomic mass is 9.70. The van der Waals surface area contributed by atoms with E-state index in [9.17, 15) is 0 Å². The molecule has 168 valence electrons. The number of hydrogen-bond donors (Lipinski definition) is 0. The van der Waals surface area contributed by atoms with Gasteiger partial charge in [0.05, 0.1) is 0 Å². The molecule has 0 nitrogen and oxygen atoms in total.